The summed E-state index contributed by atoms with van der Waals surface area (Å²) in [6.07, 6.45) is 2.66. The number of hydrogen-bond donors (Lipinski definition) is 1. The lowest BCUT2D eigenvalue weighted by Crippen LogP contribution is -2.30. The molecule has 0 radical (unpaired) electrons. The molecule has 0 fully saturated rings. The van der Waals surface area contributed by atoms with E-state index in [0.717, 1.165) is 24.2 Å². The molecule has 2 rings (SSSR count). The van der Waals surface area contributed by atoms with Crippen molar-refractivity contribution in [3.8, 4) is 5.75 Å². The second-order valence-corrected chi connectivity index (χ2v) is 6.34. The van der Waals surface area contributed by atoms with E-state index >= 15 is 0 Å². The Kier molecular flexibility index (Phi) is 7.79. The van der Waals surface area contributed by atoms with Crippen LogP contribution in [0, 0.1) is 0 Å². The summed E-state index contributed by atoms with van der Waals surface area (Å²) < 4.78 is 5.13. The minimum absolute atomic E-state index is 0.170. The molecular formula is C21H27N3O3. The summed E-state index contributed by atoms with van der Waals surface area (Å²) in [5, 5.41) is 2.85. The van der Waals surface area contributed by atoms with Gasteiger partial charge in [-0.15, -0.1) is 0 Å². The average Bonchev–Trinajstić information content (AvgIpc) is 2.71. The SMILES string of the molecule is CCCCN(C)C(=O)c1cccc(C(=O)NCCc2ccc(OC)cc2)n1. The standard InChI is InChI=1S/C21H27N3O3/c1-4-5-15-24(2)21(26)19-8-6-7-18(23-19)20(25)22-14-13-16-9-11-17(27-3)12-10-16/h6-12H,4-5,13-15H2,1-3H3,(H,22,25). The van der Waals surface area contributed by atoms with Crippen LogP contribution in [0.5, 0.6) is 5.75 Å². The number of nitrogens with zero attached hydrogens (tertiary/aromatic N) is 2. The van der Waals surface area contributed by atoms with E-state index in [1.54, 1.807) is 37.3 Å². The van der Waals surface area contributed by atoms with Crippen LogP contribution in [0.3, 0.4) is 0 Å². The topological polar surface area (TPSA) is 71.5 Å². The molecule has 0 aliphatic carbocycles. The van der Waals surface area contributed by atoms with Crippen LogP contribution in [-0.2, 0) is 6.42 Å². The zero-order valence-corrected chi connectivity index (χ0v) is 16.2. The Morgan fingerprint density at radius 3 is 2.48 bits per heavy atom. The monoisotopic (exact) mass is 369 g/mol. The van der Waals surface area contributed by atoms with Crippen molar-refractivity contribution in [1.29, 1.82) is 0 Å². The number of aromatic nitrogens is 1. The number of carbonyl (C=O) groups excluding carboxylic acids is 2. The molecule has 144 valence electrons. The highest BCUT2D eigenvalue weighted by molar-refractivity contribution is 5.96. The van der Waals surface area contributed by atoms with Gasteiger partial charge < -0.3 is 15.0 Å². The van der Waals surface area contributed by atoms with Gasteiger partial charge in [-0.3, -0.25) is 9.59 Å². The van der Waals surface area contributed by atoms with Crippen molar-refractivity contribution in [2.24, 2.45) is 0 Å². The first-order valence-corrected chi connectivity index (χ1v) is 9.18. The molecule has 1 aromatic heterocycles. The lowest BCUT2D eigenvalue weighted by atomic mass is 10.1. The molecule has 0 saturated heterocycles. The molecule has 1 heterocycles. The zero-order chi connectivity index (χ0) is 19.6. The lowest BCUT2D eigenvalue weighted by molar-refractivity contribution is 0.0787. The first kappa shape index (κ1) is 20.4. The van der Waals surface area contributed by atoms with Crippen molar-refractivity contribution in [2.45, 2.75) is 26.2 Å². The Bertz CT molecular complexity index is 760. The minimum Gasteiger partial charge on any atom is -0.497 e. The molecule has 27 heavy (non-hydrogen) atoms. The Morgan fingerprint density at radius 1 is 1.11 bits per heavy atom. The Balaban J connectivity index is 1.91. The molecule has 0 atom stereocenters. The number of hydrogen-bond acceptors (Lipinski definition) is 4. The zero-order valence-electron chi connectivity index (χ0n) is 16.2. The highest BCUT2D eigenvalue weighted by Gasteiger charge is 2.15. The van der Waals surface area contributed by atoms with E-state index in [-0.39, 0.29) is 23.2 Å². The Morgan fingerprint density at radius 2 is 1.81 bits per heavy atom. The number of benzene rings is 1. The number of carbonyl (C=O) groups is 2. The smallest absolute Gasteiger partial charge is 0.272 e. The predicted molar refractivity (Wildman–Crippen MR) is 105 cm³/mol. The molecule has 2 amide bonds. The van der Waals surface area contributed by atoms with Gasteiger partial charge in [-0.25, -0.2) is 4.98 Å². The van der Waals surface area contributed by atoms with E-state index in [4.69, 9.17) is 4.74 Å². The number of unbranched alkanes of at least 4 members (excludes halogenated alkanes) is 1. The van der Waals surface area contributed by atoms with Crippen LogP contribution in [0.2, 0.25) is 0 Å². The molecule has 6 heteroatoms. The highest BCUT2D eigenvalue weighted by Crippen LogP contribution is 2.11. The van der Waals surface area contributed by atoms with Crippen LogP contribution >= 0.6 is 0 Å². The van der Waals surface area contributed by atoms with Crippen LogP contribution in [0.4, 0.5) is 0 Å². The van der Waals surface area contributed by atoms with Crippen LogP contribution in [-0.4, -0.2) is 48.9 Å². The molecule has 0 aliphatic heterocycles. The van der Waals surface area contributed by atoms with Gasteiger partial charge in [0.15, 0.2) is 0 Å². The molecule has 0 unspecified atom stereocenters. The highest BCUT2D eigenvalue weighted by atomic mass is 16.5. The molecular weight excluding hydrogens is 342 g/mol. The van der Waals surface area contributed by atoms with Crippen molar-refractivity contribution in [3.05, 3.63) is 59.4 Å². The van der Waals surface area contributed by atoms with Gasteiger partial charge in [-0.2, -0.15) is 0 Å². The van der Waals surface area contributed by atoms with Crippen LogP contribution in [0.25, 0.3) is 0 Å². The van der Waals surface area contributed by atoms with Crippen molar-refractivity contribution >= 4 is 11.8 Å². The molecule has 0 saturated carbocycles. The van der Waals surface area contributed by atoms with E-state index in [2.05, 4.69) is 17.2 Å². The van der Waals surface area contributed by atoms with Gasteiger partial charge in [0.2, 0.25) is 0 Å². The van der Waals surface area contributed by atoms with E-state index in [9.17, 15) is 9.59 Å². The lowest BCUT2D eigenvalue weighted by Gasteiger charge is -2.16. The average molecular weight is 369 g/mol. The molecule has 1 N–H and O–H groups in total. The first-order chi connectivity index (χ1) is 13.0. The number of ether oxygens (including phenoxy) is 1. The Labute approximate surface area is 160 Å². The summed E-state index contributed by atoms with van der Waals surface area (Å²) in [6, 6.07) is 12.7. The quantitative estimate of drug-likeness (QED) is 0.738. The molecule has 0 bridgehead atoms. The molecule has 2 aromatic rings. The third-order valence-electron chi connectivity index (χ3n) is 4.25. The molecule has 6 nitrogen and oxygen atoms in total. The van der Waals surface area contributed by atoms with Gasteiger partial charge in [0.25, 0.3) is 11.8 Å². The van der Waals surface area contributed by atoms with Gasteiger partial charge in [0.05, 0.1) is 7.11 Å². The maximum Gasteiger partial charge on any atom is 0.272 e. The van der Waals surface area contributed by atoms with E-state index < -0.39 is 0 Å². The summed E-state index contributed by atoms with van der Waals surface area (Å²) in [4.78, 5) is 30.6. The fourth-order valence-corrected chi connectivity index (χ4v) is 2.58. The first-order valence-electron chi connectivity index (χ1n) is 9.18. The third kappa shape index (κ3) is 6.09. The van der Waals surface area contributed by atoms with Crippen LogP contribution in [0.1, 0.15) is 46.3 Å². The summed E-state index contributed by atoms with van der Waals surface area (Å²) in [7, 11) is 3.38. The number of rotatable bonds is 9. The van der Waals surface area contributed by atoms with E-state index in [0.29, 0.717) is 19.5 Å². The fraction of sp³-hybridized carbons (Fsp3) is 0.381. The largest absolute Gasteiger partial charge is 0.497 e. The minimum atomic E-state index is -0.283. The van der Waals surface area contributed by atoms with Crippen molar-refractivity contribution in [3.63, 3.8) is 0 Å². The molecule has 0 aliphatic rings. The predicted octanol–water partition coefficient (Wildman–Crippen LogP) is 2.93. The van der Waals surface area contributed by atoms with E-state index in [1.807, 2.05) is 24.3 Å². The third-order valence-corrected chi connectivity index (χ3v) is 4.25. The van der Waals surface area contributed by atoms with Gasteiger partial charge >= 0.3 is 0 Å². The maximum absolute atomic E-state index is 12.4. The normalized spacial score (nSPS) is 10.3. The fourth-order valence-electron chi connectivity index (χ4n) is 2.58. The Hall–Kier alpha value is -2.89. The van der Waals surface area contributed by atoms with Crippen molar-refractivity contribution < 1.29 is 14.3 Å². The number of amides is 2. The number of methoxy groups -OCH3 is 1. The van der Waals surface area contributed by atoms with Gasteiger partial charge in [0, 0.05) is 20.1 Å². The van der Waals surface area contributed by atoms with Crippen LogP contribution < -0.4 is 10.1 Å². The summed E-state index contributed by atoms with van der Waals surface area (Å²) in [6.45, 7) is 3.24. The molecule has 0 spiro atoms. The van der Waals surface area contributed by atoms with Gasteiger partial charge in [0.1, 0.15) is 17.1 Å². The summed E-state index contributed by atoms with van der Waals surface area (Å²) >= 11 is 0. The summed E-state index contributed by atoms with van der Waals surface area (Å²) in [5.41, 5.74) is 1.64. The summed E-state index contributed by atoms with van der Waals surface area (Å²) in [5.74, 6) is 0.350. The molecule has 1 aromatic carbocycles. The second kappa shape index (κ2) is 10.3. The van der Waals surface area contributed by atoms with E-state index in [1.165, 1.54) is 0 Å². The second-order valence-electron chi connectivity index (χ2n) is 6.34. The number of nitrogens with one attached hydrogen (secondary N) is 1. The number of pyridine rings is 1. The maximum atomic E-state index is 12.4. The van der Waals surface area contributed by atoms with Crippen molar-refractivity contribution in [1.82, 2.24) is 15.2 Å². The van der Waals surface area contributed by atoms with Gasteiger partial charge in [-0.1, -0.05) is 31.5 Å². The van der Waals surface area contributed by atoms with Crippen molar-refractivity contribution in [2.75, 3.05) is 27.2 Å². The van der Waals surface area contributed by atoms with Gasteiger partial charge in [-0.05, 0) is 42.7 Å². The van der Waals surface area contributed by atoms with Crippen LogP contribution in [0.15, 0.2) is 42.5 Å².